The summed E-state index contributed by atoms with van der Waals surface area (Å²) in [6.45, 7) is 0. The van der Waals surface area contributed by atoms with E-state index in [4.69, 9.17) is 5.73 Å². The molecule has 5 rings (SSSR count). The second-order valence-electron chi connectivity index (χ2n) is 8.02. The Kier molecular flexibility index (Phi) is 4.59. The molecule has 1 aliphatic heterocycles. The third kappa shape index (κ3) is 3.32. The van der Waals surface area contributed by atoms with E-state index in [0.29, 0.717) is 11.4 Å². The Morgan fingerprint density at radius 2 is 2.21 bits per heavy atom. The van der Waals surface area contributed by atoms with E-state index in [9.17, 15) is 14.3 Å². The molecule has 3 aliphatic rings. The number of nitrogens with zero attached hydrogens (tertiary/aromatic N) is 2. The zero-order chi connectivity index (χ0) is 20.1. The Labute approximate surface area is 171 Å². The number of anilines is 3. The number of aromatic nitrogens is 2. The van der Waals surface area contributed by atoms with E-state index in [1.807, 2.05) is 24.3 Å². The molecule has 7 nitrogen and oxygen atoms in total. The maximum atomic E-state index is 14.5. The van der Waals surface area contributed by atoms with Gasteiger partial charge >= 0.3 is 0 Å². The van der Waals surface area contributed by atoms with Crippen LogP contribution in [0.5, 0.6) is 0 Å². The van der Waals surface area contributed by atoms with Gasteiger partial charge in [0, 0.05) is 22.7 Å². The number of carbonyl (C=O) groups is 1. The third-order valence-corrected chi connectivity index (χ3v) is 7.79. The molecule has 2 heterocycles. The Balaban J connectivity index is 1.56. The first-order chi connectivity index (χ1) is 14.0. The molecule has 1 aromatic heterocycles. The Morgan fingerprint density at radius 1 is 1.34 bits per heavy atom. The van der Waals surface area contributed by atoms with Crippen LogP contribution in [-0.4, -0.2) is 38.0 Å². The van der Waals surface area contributed by atoms with Gasteiger partial charge in [-0.25, -0.2) is 9.37 Å². The number of rotatable bonds is 1. The highest BCUT2D eigenvalue weighted by Gasteiger charge is 2.55. The van der Waals surface area contributed by atoms with Crippen molar-refractivity contribution in [3.63, 3.8) is 0 Å². The van der Waals surface area contributed by atoms with Crippen molar-refractivity contribution in [2.45, 2.75) is 30.2 Å². The van der Waals surface area contributed by atoms with E-state index in [1.165, 1.54) is 0 Å². The fraction of sp³-hybridized carbons (Fsp3) is 0.450. The van der Waals surface area contributed by atoms with Crippen molar-refractivity contribution >= 4 is 35.1 Å². The van der Waals surface area contributed by atoms with E-state index in [0.717, 1.165) is 24.6 Å². The molecule has 6 atom stereocenters. The number of amides is 1. The zero-order valence-electron chi connectivity index (χ0n) is 15.6. The molecule has 29 heavy (non-hydrogen) atoms. The van der Waals surface area contributed by atoms with Gasteiger partial charge in [0.1, 0.15) is 0 Å². The van der Waals surface area contributed by atoms with Crippen LogP contribution in [0.25, 0.3) is 0 Å². The lowest BCUT2D eigenvalue weighted by atomic mass is 9.83. The fourth-order valence-corrected chi connectivity index (χ4v) is 6.58. The second-order valence-corrected chi connectivity index (χ2v) is 9.29. The van der Waals surface area contributed by atoms with E-state index < -0.39 is 11.9 Å². The predicted octanol–water partition coefficient (Wildman–Crippen LogP) is 2.43. The van der Waals surface area contributed by atoms with Gasteiger partial charge in [0.2, 0.25) is 11.9 Å². The minimum absolute atomic E-state index is 0.0725. The van der Waals surface area contributed by atoms with Crippen molar-refractivity contribution in [3.8, 4) is 0 Å². The minimum atomic E-state index is -0.605. The SMILES string of the molecule is NC(=O)C1C2CC3SCC(O)c4cccc(c4)Nc4ncc(F)c(n4)NC1C3C2. The molecule has 2 aliphatic carbocycles. The lowest BCUT2D eigenvalue weighted by Gasteiger charge is -2.35. The summed E-state index contributed by atoms with van der Waals surface area (Å²) < 4.78 is 14.5. The third-order valence-electron chi connectivity index (χ3n) is 6.32. The number of aliphatic hydroxyl groups excluding tert-OH is 1. The average Bonchev–Trinajstić information content (AvgIpc) is 3.26. The minimum Gasteiger partial charge on any atom is -0.388 e. The predicted molar refractivity (Wildman–Crippen MR) is 109 cm³/mol. The Bertz CT molecular complexity index is 960. The number of fused-ring (bicyclic) bond motifs is 5. The summed E-state index contributed by atoms with van der Waals surface area (Å²) in [5, 5.41) is 17.2. The first-order valence-electron chi connectivity index (χ1n) is 9.74. The van der Waals surface area contributed by atoms with E-state index >= 15 is 0 Å². The van der Waals surface area contributed by atoms with Gasteiger partial charge in [-0.3, -0.25) is 4.79 Å². The highest BCUT2D eigenvalue weighted by molar-refractivity contribution is 7.99. The summed E-state index contributed by atoms with van der Waals surface area (Å²) >= 11 is 1.71. The molecule has 0 radical (unpaired) electrons. The molecule has 6 bridgehead atoms. The number of hydrogen-bond acceptors (Lipinski definition) is 7. The molecule has 6 unspecified atom stereocenters. The van der Waals surface area contributed by atoms with Gasteiger partial charge in [-0.2, -0.15) is 16.7 Å². The van der Waals surface area contributed by atoms with Gasteiger partial charge in [-0.05, 0) is 42.4 Å². The van der Waals surface area contributed by atoms with Crippen molar-refractivity contribution < 1.29 is 14.3 Å². The number of hydrogen-bond donors (Lipinski definition) is 4. The van der Waals surface area contributed by atoms with Gasteiger partial charge in [-0.1, -0.05) is 12.1 Å². The van der Waals surface area contributed by atoms with Crippen LogP contribution in [-0.2, 0) is 4.79 Å². The summed E-state index contributed by atoms with van der Waals surface area (Å²) in [7, 11) is 0. The number of thioether (sulfide) groups is 1. The van der Waals surface area contributed by atoms with Gasteiger partial charge in [0.05, 0.1) is 18.2 Å². The van der Waals surface area contributed by atoms with Crippen molar-refractivity contribution in [3.05, 3.63) is 41.8 Å². The maximum Gasteiger partial charge on any atom is 0.229 e. The smallest absolute Gasteiger partial charge is 0.229 e. The Hall–Kier alpha value is -2.39. The molecular weight excluding hydrogens is 393 g/mol. The van der Waals surface area contributed by atoms with Crippen molar-refractivity contribution in [1.82, 2.24) is 9.97 Å². The maximum absolute atomic E-state index is 14.5. The van der Waals surface area contributed by atoms with Gasteiger partial charge < -0.3 is 21.5 Å². The summed E-state index contributed by atoms with van der Waals surface area (Å²) in [5.41, 5.74) is 7.20. The average molecular weight is 415 g/mol. The molecule has 152 valence electrons. The molecule has 1 aromatic carbocycles. The monoisotopic (exact) mass is 415 g/mol. The standard InChI is InChI=1S/C20H22FN5O2S/c21-13-7-23-20-24-11-3-1-2-9(4-11)14(27)8-29-15-6-10-5-12(15)17(16(10)18(22)28)25-19(13)26-20/h1-4,7,10,12,14-17,27H,5-6,8H2,(H2,22,28)(H2,23,24,25,26). The van der Waals surface area contributed by atoms with Crippen LogP contribution in [0.4, 0.5) is 21.8 Å². The van der Waals surface area contributed by atoms with Crippen LogP contribution in [0.15, 0.2) is 30.5 Å². The highest BCUT2D eigenvalue weighted by Crippen LogP contribution is 2.54. The fourth-order valence-electron chi connectivity index (χ4n) is 5.05. The summed E-state index contributed by atoms with van der Waals surface area (Å²) in [6.07, 6.45) is 2.26. The van der Waals surface area contributed by atoms with Crippen molar-refractivity contribution in [2.24, 2.45) is 23.5 Å². The molecule has 2 fully saturated rings. The molecule has 5 N–H and O–H groups in total. The Morgan fingerprint density at radius 3 is 3.03 bits per heavy atom. The van der Waals surface area contributed by atoms with Gasteiger partial charge in [0.15, 0.2) is 11.6 Å². The summed E-state index contributed by atoms with van der Waals surface area (Å²) in [4.78, 5) is 20.4. The second kappa shape index (κ2) is 7.14. The first kappa shape index (κ1) is 18.6. The number of nitrogens with two attached hydrogens (primary N) is 1. The summed E-state index contributed by atoms with van der Waals surface area (Å²) in [6, 6.07) is 7.14. The number of primary amides is 1. The largest absolute Gasteiger partial charge is 0.388 e. The molecule has 2 saturated carbocycles. The molecule has 0 spiro atoms. The molecule has 0 saturated heterocycles. The zero-order valence-corrected chi connectivity index (χ0v) is 16.4. The lowest BCUT2D eigenvalue weighted by molar-refractivity contribution is -0.123. The van der Waals surface area contributed by atoms with Gasteiger partial charge in [0.25, 0.3) is 0 Å². The number of aliphatic hydroxyl groups is 1. The highest BCUT2D eigenvalue weighted by atomic mass is 32.2. The number of carbonyl (C=O) groups excluding carboxylic acids is 1. The summed E-state index contributed by atoms with van der Waals surface area (Å²) in [5.74, 6) is -0.0807. The topological polar surface area (TPSA) is 113 Å². The number of nitrogens with one attached hydrogen (secondary N) is 2. The van der Waals surface area contributed by atoms with Gasteiger partial charge in [-0.15, -0.1) is 0 Å². The van der Waals surface area contributed by atoms with E-state index in [2.05, 4.69) is 20.6 Å². The van der Waals surface area contributed by atoms with Crippen LogP contribution in [0.3, 0.4) is 0 Å². The van der Waals surface area contributed by atoms with Crippen molar-refractivity contribution in [1.29, 1.82) is 0 Å². The van der Waals surface area contributed by atoms with Crippen LogP contribution in [0, 0.1) is 23.6 Å². The molecule has 9 heteroatoms. The van der Waals surface area contributed by atoms with Crippen LogP contribution < -0.4 is 16.4 Å². The van der Waals surface area contributed by atoms with Crippen LogP contribution >= 0.6 is 11.8 Å². The lowest BCUT2D eigenvalue weighted by Crippen LogP contribution is -2.46. The van der Waals surface area contributed by atoms with Crippen LogP contribution in [0.1, 0.15) is 24.5 Å². The molecule has 2 aromatic rings. The first-order valence-corrected chi connectivity index (χ1v) is 10.8. The van der Waals surface area contributed by atoms with Crippen LogP contribution in [0.2, 0.25) is 0 Å². The number of benzene rings is 1. The van der Waals surface area contributed by atoms with E-state index in [1.54, 1.807) is 11.8 Å². The van der Waals surface area contributed by atoms with E-state index in [-0.39, 0.29) is 46.7 Å². The van der Waals surface area contributed by atoms with Crippen molar-refractivity contribution in [2.75, 3.05) is 16.4 Å². The molecular formula is C20H22FN5O2S. The quantitative estimate of drug-likeness (QED) is 0.566. The normalized spacial score (nSPS) is 32.8. The molecule has 1 amide bonds. The number of halogens is 1.